The summed E-state index contributed by atoms with van der Waals surface area (Å²) >= 11 is 0. The first-order valence-electron chi connectivity index (χ1n) is 10.1. The van der Waals surface area contributed by atoms with Gasteiger partial charge in [0, 0.05) is 30.8 Å². The number of fused-ring (bicyclic) bond motifs is 1. The number of nitrogens with one attached hydrogen (secondary N) is 2. The molecule has 0 spiro atoms. The third-order valence-corrected chi connectivity index (χ3v) is 4.91. The standard InChI is InChI=1S/C22H21N7O3/c30-22(17-7-4-8-18(13-17)29(31)32)24-11-12-28-21-19(14-27-28)20(25-15-26-21)23-10-9-16-5-2-1-3-6-16/h1-8,13-15H,9-12H2,(H,24,30)(H,23,25,26). The number of carbonyl (C=O) groups is 1. The van der Waals surface area contributed by atoms with Crippen molar-refractivity contribution in [2.75, 3.05) is 18.4 Å². The van der Waals surface area contributed by atoms with Crippen LogP contribution in [0.4, 0.5) is 11.5 Å². The van der Waals surface area contributed by atoms with Crippen LogP contribution in [-0.4, -0.2) is 43.7 Å². The van der Waals surface area contributed by atoms with E-state index < -0.39 is 4.92 Å². The minimum atomic E-state index is -0.530. The highest BCUT2D eigenvalue weighted by molar-refractivity contribution is 5.94. The lowest BCUT2D eigenvalue weighted by Gasteiger charge is -2.08. The van der Waals surface area contributed by atoms with E-state index in [2.05, 4.69) is 37.8 Å². The lowest BCUT2D eigenvalue weighted by molar-refractivity contribution is -0.384. The average Bonchev–Trinajstić information content (AvgIpc) is 3.24. The molecule has 10 heteroatoms. The Labute approximate surface area is 183 Å². The van der Waals surface area contributed by atoms with Crippen molar-refractivity contribution in [1.82, 2.24) is 25.1 Å². The molecule has 0 atom stereocenters. The van der Waals surface area contributed by atoms with Gasteiger partial charge in [-0.1, -0.05) is 36.4 Å². The predicted octanol–water partition coefficient (Wildman–Crippen LogP) is 2.82. The highest BCUT2D eigenvalue weighted by atomic mass is 16.6. The molecule has 4 rings (SSSR count). The summed E-state index contributed by atoms with van der Waals surface area (Å²) in [6.07, 6.45) is 4.04. The number of anilines is 1. The van der Waals surface area contributed by atoms with Gasteiger partial charge in [0.2, 0.25) is 0 Å². The number of nitro benzene ring substituents is 1. The Bertz CT molecular complexity index is 1240. The molecule has 32 heavy (non-hydrogen) atoms. The van der Waals surface area contributed by atoms with E-state index in [1.807, 2.05) is 18.2 Å². The van der Waals surface area contributed by atoms with Gasteiger partial charge < -0.3 is 10.6 Å². The predicted molar refractivity (Wildman–Crippen MR) is 119 cm³/mol. The SMILES string of the molecule is O=C(NCCn1ncc2c(NCCc3ccccc3)ncnc21)c1cccc([N+](=O)[O-])c1. The quantitative estimate of drug-likeness (QED) is 0.308. The molecular formula is C22H21N7O3. The number of benzene rings is 2. The normalized spacial score (nSPS) is 10.8. The van der Waals surface area contributed by atoms with E-state index in [1.54, 1.807) is 10.9 Å². The highest BCUT2D eigenvalue weighted by Gasteiger charge is 2.12. The maximum atomic E-state index is 12.3. The monoisotopic (exact) mass is 431 g/mol. The fourth-order valence-corrected chi connectivity index (χ4v) is 3.31. The minimum absolute atomic E-state index is 0.125. The lowest BCUT2D eigenvalue weighted by Crippen LogP contribution is -2.27. The van der Waals surface area contributed by atoms with Crippen LogP contribution in [-0.2, 0) is 13.0 Å². The molecule has 0 fully saturated rings. The van der Waals surface area contributed by atoms with E-state index in [4.69, 9.17) is 0 Å². The number of amides is 1. The number of non-ortho nitro benzene ring substituents is 1. The number of carbonyl (C=O) groups excluding carboxylic acids is 1. The maximum Gasteiger partial charge on any atom is 0.270 e. The Balaban J connectivity index is 1.36. The van der Waals surface area contributed by atoms with Gasteiger partial charge in [-0.2, -0.15) is 5.10 Å². The van der Waals surface area contributed by atoms with Crippen LogP contribution in [0.1, 0.15) is 15.9 Å². The lowest BCUT2D eigenvalue weighted by atomic mass is 10.1. The van der Waals surface area contributed by atoms with Crippen molar-refractivity contribution in [2.45, 2.75) is 13.0 Å². The highest BCUT2D eigenvalue weighted by Crippen LogP contribution is 2.18. The third-order valence-electron chi connectivity index (χ3n) is 4.91. The number of aromatic nitrogens is 4. The van der Waals surface area contributed by atoms with Crippen LogP contribution in [0.15, 0.2) is 67.1 Å². The molecule has 1 amide bonds. The Morgan fingerprint density at radius 2 is 1.91 bits per heavy atom. The minimum Gasteiger partial charge on any atom is -0.369 e. The molecule has 2 N–H and O–H groups in total. The largest absolute Gasteiger partial charge is 0.369 e. The van der Waals surface area contributed by atoms with Crippen LogP contribution >= 0.6 is 0 Å². The van der Waals surface area contributed by atoms with E-state index in [0.717, 1.165) is 18.4 Å². The zero-order valence-electron chi connectivity index (χ0n) is 17.1. The van der Waals surface area contributed by atoms with E-state index >= 15 is 0 Å². The fourth-order valence-electron chi connectivity index (χ4n) is 3.31. The Morgan fingerprint density at radius 3 is 2.72 bits per heavy atom. The van der Waals surface area contributed by atoms with Crippen molar-refractivity contribution in [3.05, 3.63) is 88.4 Å². The summed E-state index contributed by atoms with van der Waals surface area (Å²) in [5.41, 5.74) is 2.00. The summed E-state index contributed by atoms with van der Waals surface area (Å²) < 4.78 is 1.69. The zero-order chi connectivity index (χ0) is 22.3. The number of rotatable bonds is 9. The molecule has 162 valence electrons. The van der Waals surface area contributed by atoms with Crippen LogP contribution in [0.2, 0.25) is 0 Å². The Kier molecular flexibility index (Phi) is 6.30. The molecule has 0 saturated heterocycles. The van der Waals surface area contributed by atoms with Crippen LogP contribution in [0.5, 0.6) is 0 Å². The first-order chi connectivity index (χ1) is 15.6. The first kappa shape index (κ1) is 20.9. The molecule has 4 aromatic rings. The molecule has 0 aliphatic rings. The summed E-state index contributed by atoms with van der Waals surface area (Å²) in [5, 5.41) is 22.1. The second kappa shape index (κ2) is 9.65. The molecule has 2 aromatic carbocycles. The van der Waals surface area contributed by atoms with Crippen molar-refractivity contribution in [2.24, 2.45) is 0 Å². The van der Waals surface area contributed by atoms with Crippen molar-refractivity contribution < 1.29 is 9.72 Å². The van der Waals surface area contributed by atoms with Gasteiger partial charge in [0.25, 0.3) is 11.6 Å². The van der Waals surface area contributed by atoms with Crippen molar-refractivity contribution in [3.63, 3.8) is 0 Å². The second-order valence-electron chi connectivity index (χ2n) is 7.05. The summed E-state index contributed by atoms with van der Waals surface area (Å²) in [7, 11) is 0. The number of hydrogen-bond acceptors (Lipinski definition) is 7. The van der Waals surface area contributed by atoms with Crippen LogP contribution in [0, 0.1) is 10.1 Å². The topological polar surface area (TPSA) is 128 Å². The summed E-state index contributed by atoms with van der Waals surface area (Å²) in [6.45, 7) is 1.41. The van der Waals surface area contributed by atoms with Crippen molar-refractivity contribution in [1.29, 1.82) is 0 Å². The molecule has 10 nitrogen and oxygen atoms in total. The van der Waals surface area contributed by atoms with E-state index in [0.29, 0.717) is 24.6 Å². The van der Waals surface area contributed by atoms with Crippen LogP contribution < -0.4 is 10.6 Å². The molecular weight excluding hydrogens is 410 g/mol. The van der Waals surface area contributed by atoms with E-state index in [-0.39, 0.29) is 17.2 Å². The van der Waals surface area contributed by atoms with Gasteiger partial charge in [-0.3, -0.25) is 14.9 Å². The molecule has 0 bridgehead atoms. The van der Waals surface area contributed by atoms with Gasteiger partial charge in [0.15, 0.2) is 5.65 Å². The molecule has 2 aromatic heterocycles. The Morgan fingerprint density at radius 1 is 1.06 bits per heavy atom. The fraction of sp³-hybridized carbons (Fsp3) is 0.182. The maximum absolute atomic E-state index is 12.3. The van der Waals surface area contributed by atoms with Gasteiger partial charge in [-0.05, 0) is 18.1 Å². The molecule has 0 radical (unpaired) electrons. The molecule has 2 heterocycles. The number of nitro groups is 1. The molecule has 0 unspecified atom stereocenters. The zero-order valence-corrected chi connectivity index (χ0v) is 17.1. The molecule has 0 aliphatic carbocycles. The van der Waals surface area contributed by atoms with Gasteiger partial charge in [0.1, 0.15) is 12.1 Å². The van der Waals surface area contributed by atoms with Gasteiger partial charge in [0.05, 0.1) is 23.1 Å². The van der Waals surface area contributed by atoms with Crippen molar-refractivity contribution in [3.8, 4) is 0 Å². The first-order valence-corrected chi connectivity index (χ1v) is 10.1. The number of nitrogens with zero attached hydrogens (tertiary/aromatic N) is 5. The second-order valence-corrected chi connectivity index (χ2v) is 7.05. The van der Waals surface area contributed by atoms with Gasteiger partial charge >= 0.3 is 0 Å². The summed E-state index contributed by atoms with van der Waals surface area (Å²) in [6, 6.07) is 15.8. The van der Waals surface area contributed by atoms with E-state index in [9.17, 15) is 14.9 Å². The third kappa shape index (κ3) is 4.86. The molecule has 0 aliphatic heterocycles. The van der Waals surface area contributed by atoms with E-state index in [1.165, 1.54) is 36.2 Å². The summed E-state index contributed by atoms with van der Waals surface area (Å²) in [5.74, 6) is 0.320. The van der Waals surface area contributed by atoms with Gasteiger partial charge in [-0.15, -0.1) is 0 Å². The Hall–Kier alpha value is -4.34. The van der Waals surface area contributed by atoms with Crippen molar-refractivity contribution >= 4 is 28.4 Å². The van der Waals surface area contributed by atoms with Gasteiger partial charge in [-0.25, -0.2) is 14.6 Å². The average molecular weight is 431 g/mol. The smallest absolute Gasteiger partial charge is 0.270 e. The van der Waals surface area contributed by atoms with Crippen LogP contribution in [0.3, 0.4) is 0 Å². The van der Waals surface area contributed by atoms with Crippen LogP contribution in [0.25, 0.3) is 11.0 Å². The molecule has 0 saturated carbocycles. The number of hydrogen-bond donors (Lipinski definition) is 2. The summed E-state index contributed by atoms with van der Waals surface area (Å²) in [4.78, 5) is 31.3.